The summed E-state index contributed by atoms with van der Waals surface area (Å²) in [7, 11) is 1.19. The second kappa shape index (κ2) is 80.8. The molecule has 10 heteroatoms. The molecule has 588 valence electrons. The van der Waals surface area contributed by atoms with Gasteiger partial charge in [0.1, 0.15) is 19.8 Å². The number of hydrogen-bond acceptors (Lipinski definition) is 8. The second-order valence-corrected chi connectivity index (χ2v) is 32.7. The molecule has 100 heavy (non-hydrogen) atoms. The van der Waals surface area contributed by atoms with Crippen molar-refractivity contribution in [2.45, 2.75) is 457 Å². The lowest BCUT2D eigenvalue weighted by atomic mass is 10.0. The van der Waals surface area contributed by atoms with Crippen LogP contribution in [0.1, 0.15) is 450 Å². The van der Waals surface area contributed by atoms with Gasteiger partial charge in [-0.05, 0) is 83.5 Å². The highest BCUT2D eigenvalue weighted by molar-refractivity contribution is 7.45. The Morgan fingerprint density at radius 2 is 0.540 bits per heavy atom. The van der Waals surface area contributed by atoms with Crippen LogP contribution in [0, 0.1) is 0 Å². The second-order valence-electron chi connectivity index (χ2n) is 31.3. The molecule has 0 heterocycles. The number of phosphoric acid groups is 1. The smallest absolute Gasteiger partial charge is 0.306 e. The summed E-state index contributed by atoms with van der Waals surface area (Å²) in [5.41, 5.74) is 0. The number of esters is 2. The van der Waals surface area contributed by atoms with Gasteiger partial charge in [0.05, 0.1) is 27.7 Å². The van der Waals surface area contributed by atoms with E-state index in [-0.39, 0.29) is 32.0 Å². The van der Waals surface area contributed by atoms with E-state index in [0.29, 0.717) is 17.4 Å². The van der Waals surface area contributed by atoms with Crippen molar-refractivity contribution in [2.75, 3.05) is 47.5 Å². The summed E-state index contributed by atoms with van der Waals surface area (Å²) >= 11 is 0. The minimum Gasteiger partial charge on any atom is -0.756 e. The molecule has 0 aliphatic rings. The zero-order valence-electron chi connectivity index (χ0n) is 67.4. The Morgan fingerprint density at radius 1 is 0.310 bits per heavy atom. The van der Waals surface area contributed by atoms with E-state index in [1.807, 2.05) is 21.1 Å². The summed E-state index contributed by atoms with van der Waals surface area (Å²) in [5.74, 6) is -0.807. The molecule has 0 spiro atoms. The van der Waals surface area contributed by atoms with Crippen LogP contribution >= 0.6 is 7.82 Å². The van der Waals surface area contributed by atoms with Crippen LogP contribution in [0.5, 0.6) is 0 Å². The Hall–Kier alpha value is -2.29. The van der Waals surface area contributed by atoms with Gasteiger partial charge in [0.2, 0.25) is 0 Å². The summed E-state index contributed by atoms with van der Waals surface area (Å²) in [6.07, 6.45) is 110. The maximum atomic E-state index is 12.9. The van der Waals surface area contributed by atoms with E-state index in [1.54, 1.807) is 0 Å². The predicted molar refractivity (Wildman–Crippen MR) is 434 cm³/mol. The summed E-state index contributed by atoms with van der Waals surface area (Å²) in [6, 6.07) is 0. The molecule has 9 nitrogen and oxygen atoms in total. The highest BCUT2D eigenvalue weighted by Gasteiger charge is 2.22. The third-order valence-corrected chi connectivity index (χ3v) is 21.0. The van der Waals surface area contributed by atoms with Crippen molar-refractivity contribution in [3.8, 4) is 0 Å². The molecule has 0 bridgehead atoms. The molecule has 0 fully saturated rings. The van der Waals surface area contributed by atoms with Crippen LogP contribution in [-0.2, 0) is 32.7 Å². The Kier molecular flexibility index (Phi) is 78.9. The fraction of sp³-hybridized carbons (Fsp3) is 0.867. The molecule has 0 amide bonds. The highest BCUT2D eigenvalue weighted by Crippen LogP contribution is 2.38. The van der Waals surface area contributed by atoms with Crippen molar-refractivity contribution in [1.82, 2.24) is 0 Å². The largest absolute Gasteiger partial charge is 0.756 e. The van der Waals surface area contributed by atoms with Gasteiger partial charge in [0.25, 0.3) is 7.82 Å². The molecule has 0 aliphatic carbocycles. The van der Waals surface area contributed by atoms with Gasteiger partial charge in [-0.15, -0.1) is 0 Å². The summed E-state index contributed by atoms with van der Waals surface area (Å²) in [5, 5.41) is 0. The Labute approximate surface area is 623 Å². The molecule has 0 aromatic rings. The summed E-state index contributed by atoms with van der Waals surface area (Å²) in [6.45, 7) is 4.30. The van der Waals surface area contributed by atoms with E-state index in [9.17, 15) is 19.0 Å². The van der Waals surface area contributed by atoms with Gasteiger partial charge < -0.3 is 27.9 Å². The van der Waals surface area contributed by atoms with E-state index in [4.69, 9.17) is 18.5 Å². The first-order valence-electron chi connectivity index (χ1n) is 44.0. The quantitative estimate of drug-likeness (QED) is 0.0195. The van der Waals surface area contributed by atoms with E-state index >= 15 is 0 Å². The number of unbranched alkanes of at least 4 members (excludes halogenated alkanes) is 59. The van der Waals surface area contributed by atoms with Gasteiger partial charge in [0.15, 0.2) is 6.10 Å². The number of carbonyl (C=O) groups excluding carboxylic acids is 2. The molecule has 2 unspecified atom stereocenters. The van der Waals surface area contributed by atoms with E-state index in [2.05, 4.69) is 74.6 Å². The van der Waals surface area contributed by atoms with Crippen molar-refractivity contribution < 1.29 is 42.1 Å². The Morgan fingerprint density at radius 3 is 0.800 bits per heavy atom. The minimum atomic E-state index is -4.65. The fourth-order valence-corrected chi connectivity index (χ4v) is 14.0. The molecule has 0 saturated heterocycles. The number of nitrogens with zero attached hydrogens (tertiary/aromatic N) is 1. The zero-order chi connectivity index (χ0) is 72.5. The predicted octanol–water partition coefficient (Wildman–Crippen LogP) is 29.0. The normalized spacial score (nSPS) is 13.2. The Bertz CT molecular complexity index is 1870. The molecular weight excluding hydrogens is 1250 g/mol. The molecular formula is C90H170NO8P. The standard InChI is InChI=1S/C90H170NO8P/c1-6-8-10-12-14-16-18-20-22-24-26-28-30-32-34-36-38-40-42-44-45-47-49-51-53-55-57-59-61-63-65-67-69-71-73-75-77-79-81-83-90(93)99-88(87-98-100(94,95)97-85-84-91(3,4)5)86-96-89(92)82-80-78-76-74-72-70-68-66-64-62-60-58-56-54-52-50-48-46-43-41-39-37-35-33-31-29-27-25-23-21-19-17-15-13-11-9-7-2/h18-21,24-27,30,32,88H,6-17,22-23,28-29,31,33-87H2,1-5H3/b20-18-,21-19-,26-24-,27-25-,32-30-. The third-order valence-electron chi connectivity index (χ3n) is 20.0. The van der Waals surface area contributed by atoms with E-state index in [0.717, 1.165) is 51.4 Å². The number of likely N-dealkylation sites (N-methyl/N-ethyl adjacent to an activating group) is 1. The molecule has 0 aliphatic heterocycles. The zero-order valence-corrected chi connectivity index (χ0v) is 68.3. The first-order valence-corrected chi connectivity index (χ1v) is 45.5. The van der Waals surface area contributed by atoms with Crippen molar-refractivity contribution in [2.24, 2.45) is 0 Å². The minimum absolute atomic E-state index is 0.0279. The maximum Gasteiger partial charge on any atom is 0.306 e. The van der Waals surface area contributed by atoms with E-state index in [1.165, 1.54) is 366 Å². The molecule has 2 atom stereocenters. The molecule has 0 rings (SSSR count). The maximum absolute atomic E-state index is 12.9. The van der Waals surface area contributed by atoms with Crippen molar-refractivity contribution in [3.63, 3.8) is 0 Å². The van der Waals surface area contributed by atoms with Gasteiger partial charge in [-0.1, -0.05) is 415 Å². The van der Waals surface area contributed by atoms with Gasteiger partial charge >= 0.3 is 11.9 Å². The lowest BCUT2D eigenvalue weighted by Gasteiger charge is -2.28. The van der Waals surface area contributed by atoms with Crippen molar-refractivity contribution in [3.05, 3.63) is 60.8 Å². The lowest BCUT2D eigenvalue weighted by molar-refractivity contribution is -0.870. The van der Waals surface area contributed by atoms with Crippen LogP contribution in [0.3, 0.4) is 0 Å². The Balaban J connectivity index is 3.86. The highest BCUT2D eigenvalue weighted by atomic mass is 31.2. The van der Waals surface area contributed by atoms with Crippen molar-refractivity contribution >= 4 is 19.8 Å². The topological polar surface area (TPSA) is 111 Å². The first-order chi connectivity index (χ1) is 49.0. The SMILES string of the molecule is CCCCCCC/C=C\C/C=C\C/C=C\CCCCCCCCCCCCCCCCCCCCCCCCCCC(=O)OC(COC(=O)CCCCCCCCCCCCCCCCCCCCCCCCCCC/C=C\C/C=C\CCCCCCC)COP(=O)([O-])OCC[N+](C)(C)C. The van der Waals surface area contributed by atoms with Gasteiger partial charge in [-0.3, -0.25) is 14.2 Å². The fourth-order valence-electron chi connectivity index (χ4n) is 13.3. The van der Waals surface area contributed by atoms with Gasteiger partial charge in [0, 0.05) is 12.8 Å². The van der Waals surface area contributed by atoms with Gasteiger partial charge in [-0.25, -0.2) is 0 Å². The molecule has 0 aromatic heterocycles. The average Bonchev–Trinajstić information content (AvgIpc) is 1.07. The van der Waals surface area contributed by atoms with Crippen LogP contribution in [0.25, 0.3) is 0 Å². The summed E-state index contributed by atoms with van der Waals surface area (Å²) < 4.78 is 34.5. The number of quaternary nitrogens is 1. The van der Waals surface area contributed by atoms with Crippen LogP contribution in [0.2, 0.25) is 0 Å². The van der Waals surface area contributed by atoms with E-state index < -0.39 is 26.5 Å². The monoisotopic (exact) mass is 1420 g/mol. The number of carbonyl (C=O) groups is 2. The van der Waals surface area contributed by atoms with Crippen LogP contribution in [0.15, 0.2) is 60.8 Å². The van der Waals surface area contributed by atoms with Crippen LogP contribution in [0.4, 0.5) is 0 Å². The number of phosphoric ester groups is 1. The average molecular weight is 1430 g/mol. The lowest BCUT2D eigenvalue weighted by Crippen LogP contribution is -2.37. The number of hydrogen-bond donors (Lipinski definition) is 0. The third kappa shape index (κ3) is 84.6. The molecule has 0 aromatic carbocycles. The number of rotatable bonds is 83. The van der Waals surface area contributed by atoms with Gasteiger partial charge in [-0.2, -0.15) is 0 Å². The van der Waals surface area contributed by atoms with Crippen LogP contribution in [-0.4, -0.2) is 70.0 Å². The molecule has 0 radical (unpaired) electrons. The first kappa shape index (κ1) is 97.7. The van der Waals surface area contributed by atoms with Crippen LogP contribution < -0.4 is 4.89 Å². The summed E-state index contributed by atoms with van der Waals surface area (Å²) in [4.78, 5) is 38.3. The van der Waals surface area contributed by atoms with Crippen molar-refractivity contribution in [1.29, 1.82) is 0 Å². The molecule has 0 N–H and O–H groups in total. The number of allylic oxidation sites excluding steroid dienone is 10. The number of ether oxygens (including phenoxy) is 2. The molecule has 0 saturated carbocycles.